The standard InChI is InChI=1S/C13H17NO5S/c1-8-5-10(12(16)17)6-11(9(8)2)20(18,19)14-13(7-15)3-4-13/h5-6,14-15H,3-4,7H2,1-2H3,(H,16,17). The highest BCUT2D eigenvalue weighted by molar-refractivity contribution is 7.89. The van der Waals surface area contributed by atoms with Gasteiger partial charge in [-0.2, -0.15) is 0 Å². The summed E-state index contributed by atoms with van der Waals surface area (Å²) in [6.45, 7) is 3.04. The molecule has 0 bridgehead atoms. The molecular weight excluding hydrogens is 282 g/mol. The van der Waals surface area contributed by atoms with E-state index in [9.17, 15) is 18.3 Å². The molecule has 3 N–H and O–H groups in total. The monoisotopic (exact) mass is 299 g/mol. The number of benzene rings is 1. The molecule has 1 saturated carbocycles. The Morgan fingerprint density at radius 1 is 1.35 bits per heavy atom. The number of hydrogen-bond donors (Lipinski definition) is 3. The molecule has 0 saturated heterocycles. The summed E-state index contributed by atoms with van der Waals surface area (Å²) in [4.78, 5) is 11.0. The third-order valence-corrected chi connectivity index (χ3v) is 5.37. The minimum atomic E-state index is -3.85. The predicted molar refractivity (Wildman–Crippen MR) is 72.2 cm³/mol. The molecule has 1 aliphatic carbocycles. The van der Waals surface area contributed by atoms with Crippen LogP contribution in [-0.4, -0.2) is 36.7 Å². The zero-order valence-corrected chi connectivity index (χ0v) is 12.1. The summed E-state index contributed by atoms with van der Waals surface area (Å²) in [7, 11) is -3.85. The van der Waals surface area contributed by atoms with Crippen LogP contribution in [-0.2, 0) is 10.0 Å². The summed E-state index contributed by atoms with van der Waals surface area (Å²) < 4.78 is 27.2. The quantitative estimate of drug-likeness (QED) is 0.746. The maximum atomic E-state index is 12.4. The lowest BCUT2D eigenvalue weighted by Crippen LogP contribution is -2.39. The van der Waals surface area contributed by atoms with E-state index in [1.165, 1.54) is 6.07 Å². The van der Waals surface area contributed by atoms with Crippen molar-refractivity contribution < 1.29 is 23.4 Å². The molecule has 110 valence electrons. The minimum Gasteiger partial charge on any atom is -0.478 e. The Kier molecular flexibility index (Phi) is 3.62. The highest BCUT2D eigenvalue weighted by Crippen LogP contribution is 2.36. The molecule has 0 heterocycles. The van der Waals surface area contributed by atoms with Crippen molar-refractivity contribution in [2.75, 3.05) is 6.61 Å². The number of aromatic carboxylic acids is 1. The topological polar surface area (TPSA) is 104 Å². The van der Waals surface area contributed by atoms with E-state index in [4.69, 9.17) is 5.11 Å². The Morgan fingerprint density at radius 2 is 1.95 bits per heavy atom. The van der Waals surface area contributed by atoms with Crippen LogP contribution in [0.2, 0.25) is 0 Å². The number of aryl methyl sites for hydroxylation is 1. The lowest BCUT2D eigenvalue weighted by atomic mass is 10.1. The second kappa shape index (κ2) is 4.83. The fraction of sp³-hybridized carbons (Fsp3) is 0.462. The van der Waals surface area contributed by atoms with Crippen LogP contribution in [0.1, 0.15) is 34.3 Å². The van der Waals surface area contributed by atoms with E-state index in [1.54, 1.807) is 13.8 Å². The zero-order valence-electron chi connectivity index (χ0n) is 11.3. The lowest BCUT2D eigenvalue weighted by molar-refractivity contribution is 0.0696. The van der Waals surface area contributed by atoms with Gasteiger partial charge in [-0.25, -0.2) is 17.9 Å². The van der Waals surface area contributed by atoms with Gasteiger partial charge in [0.1, 0.15) is 0 Å². The van der Waals surface area contributed by atoms with Crippen molar-refractivity contribution in [3.8, 4) is 0 Å². The van der Waals surface area contributed by atoms with E-state index in [1.807, 2.05) is 0 Å². The molecule has 6 nitrogen and oxygen atoms in total. The van der Waals surface area contributed by atoms with Crippen LogP contribution >= 0.6 is 0 Å². The molecule has 0 amide bonds. The third kappa shape index (κ3) is 2.70. The van der Waals surface area contributed by atoms with Gasteiger partial charge in [-0.3, -0.25) is 0 Å². The first-order valence-electron chi connectivity index (χ1n) is 6.20. The van der Waals surface area contributed by atoms with Crippen LogP contribution in [0, 0.1) is 13.8 Å². The highest BCUT2D eigenvalue weighted by atomic mass is 32.2. The van der Waals surface area contributed by atoms with E-state index in [0.717, 1.165) is 6.07 Å². The van der Waals surface area contributed by atoms with Crippen LogP contribution in [0.15, 0.2) is 17.0 Å². The molecule has 1 aliphatic rings. The van der Waals surface area contributed by atoms with Crippen LogP contribution in [0.5, 0.6) is 0 Å². The maximum Gasteiger partial charge on any atom is 0.335 e. The van der Waals surface area contributed by atoms with Crippen LogP contribution in [0.3, 0.4) is 0 Å². The molecule has 1 fully saturated rings. The summed E-state index contributed by atoms with van der Waals surface area (Å²) >= 11 is 0. The number of sulfonamides is 1. The molecular formula is C13H17NO5S. The molecule has 0 aliphatic heterocycles. The van der Waals surface area contributed by atoms with Crippen molar-refractivity contribution >= 4 is 16.0 Å². The first kappa shape index (κ1) is 15.0. The maximum absolute atomic E-state index is 12.4. The normalized spacial score (nSPS) is 16.9. The zero-order chi connectivity index (χ0) is 15.1. The number of carboxylic acids is 1. The fourth-order valence-corrected chi connectivity index (χ4v) is 3.81. The van der Waals surface area contributed by atoms with Gasteiger partial charge in [0, 0.05) is 0 Å². The van der Waals surface area contributed by atoms with E-state index in [-0.39, 0.29) is 17.1 Å². The van der Waals surface area contributed by atoms with Gasteiger partial charge in [-0.05, 0) is 49.9 Å². The summed E-state index contributed by atoms with van der Waals surface area (Å²) in [5, 5.41) is 18.2. The Hall–Kier alpha value is -1.44. The molecule has 20 heavy (non-hydrogen) atoms. The molecule has 2 rings (SSSR count). The first-order chi connectivity index (χ1) is 9.21. The van der Waals surface area contributed by atoms with E-state index < -0.39 is 21.5 Å². The molecule has 0 aromatic heterocycles. The Balaban J connectivity index is 2.48. The second-order valence-corrected chi connectivity index (χ2v) is 6.92. The van der Waals surface area contributed by atoms with Gasteiger partial charge in [0.05, 0.1) is 22.6 Å². The third-order valence-electron chi connectivity index (χ3n) is 3.66. The number of nitrogens with one attached hydrogen (secondary N) is 1. The number of aliphatic hydroxyl groups is 1. The molecule has 7 heteroatoms. The number of aliphatic hydroxyl groups excluding tert-OH is 1. The average Bonchev–Trinajstić information content (AvgIpc) is 3.11. The number of rotatable bonds is 5. The fourth-order valence-electron chi connectivity index (χ4n) is 2.01. The highest BCUT2D eigenvalue weighted by Gasteiger charge is 2.45. The summed E-state index contributed by atoms with van der Waals surface area (Å²) in [5.74, 6) is -1.17. The van der Waals surface area contributed by atoms with Gasteiger partial charge >= 0.3 is 5.97 Å². The van der Waals surface area contributed by atoms with E-state index in [0.29, 0.717) is 24.0 Å². The summed E-state index contributed by atoms with van der Waals surface area (Å²) in [6.07, 6.45) is 1.17. The van der Waals surface area contributed by atoms with Crippen molar-refractivity contribution in [3.63, 3.8) is 0 Å². The van der Waals surface area contributed by atoms with Crippen LogP contribution < -0.4 is 4.72 Å². The van der Waals surface area contributed by atoms with Gasteiger partial charge in [-0.15, -0.1) is 0 Å². The number of hydrogen-bond acceptors (Lipinski definition) is 4. The smallest absolute Gasteiger partial charge is 0.335 e. The predicted octanol–water partition coefficient (Wildman–Crippen LogP) is 0.805. The van der Waals surface area contributed by atoms with Gasteiger partial charge in [0.15, 0.2) is 0 Å². The number of carbonyl (C=O) groups is 1. The molecule has 0 spiro atoms. The molecule has 0 unspecified atom stereocenters. The van der Waals surface area contributed by atoms with Crippen molar-refractivity contribution in [1.82, 2.24) is 4.72 Å². The number of carboxylic acid groups (broad SMARTS) is 1. The van der Waals surface area contributed by atoms with Crippen molar-refractivity contribution in [1.29, 1.82) is 0 Å². The van der Waals surface area contributed by atoms with Crippen LogP contribution in [0.4, 0.5) is 0 Å². The van der Waals surface area contributed by atoms with Gasteiger partial charge in [-0.1, -0.05) is 0 Å². The minimum absolute atomic E-state index is 0.0466. The van der Waals surface area contributed by atoms with Crippen molar-refractivity contribution in [2.24, 2.45) is 0 Å². The van der Waals surface area contributed by atoms with Gasteiger partial charge in [0.2, 0.25) is 10.0 Å². The largest absolute Gasteiger partial charge is 0.478 e. The van der Waals surface area contributed by atoms with Crippen molar-refractivity contribution in [2.45, 2.75) is 37.1 Å². The molecule has 1 aromatic carbocycles. The van der Waals surface area contributed by atoms with Crippen LogP contribution in [0.25, 0.3) is 0 Å². The molecule has 0 radical (unpaired) electrons. The van der Waals surface area contributed by atoms with Gasteiger partial charge in [0.25, 0.3) is 0 Å². The average molecular weight is 299 g/mol. The summed E-state index contributed by atoms with van der Waals surface area (Å²) in [5.41, 5.74) is 0.260. The van der Waals surface area contributed by atoms with Crippen molar-refractivity contribution in [3.05, 3.63) is 28.8 Å². The second-order valence-electron chi connectivity index (χ2n) is 5.27. The Labute approximate surface area is 117 Å². The lowest BCUT2D eigenvalue weighted by Gasteiger charge is -2.17. The first-order valence-corrected chi connectivity index (χ1v) is 7.68. The Morgan fingerprint density at radius 3 is 2.40 bits per heavy atom. The van der Waals surface area contributed by atoms with E-state index in [2.05, 4.69) is 4.72 Å². The van der Waals surface area contributed by atoms with E-state index >= 15 is 0 Å². The molecule has 0 atom stereocenters. The SMILES string of the molecule is Cc1cc(C(=O)O)cc(S(=O)(=O)NC2(CO)CC2)c1C. The van der Waals surface area contributed by atoms with Gasteiger partial charge < -0.3 is 10.2 Å². The molecule has 1 aromatic rings. The summed E-state index contributed by atoms with van der Waals surface area (Å²) in [6, 6.07) is 2.59. The Bertz CT molecular complexity index is 662.